The quantitative estimate of drug-likeness (QED) is 0.630. The van der Waals surface area contributed by atoms with Gasteiger partial charge < -0.3 is 15.6 Å². The van der Waals surface area contributed by atoms with Gasteiger partial charge in [0.15, 0.2) is 0 Å². The molecule has 0 aliphatic carbocycles. The van der Waals surface area contributed by atoms with Crippen molar-refractivity contribution in [1.29, 1.82) is 0 Å². The van der Waals surface area contributed by atoms with Crippen molar-refractivity contribution in [3.8, 4) is 0 Å². The number of carbonyl (C=O) groups is 1. The van der Waals surface area contributed by atoms with Crippen molar-refractivity contribution in [2.24, 2.45) is 0 Å². The molecule has 3 heterocycles. The van der Waals surface area contributed by atoms with Crippen molar-refractivity contribution in [3.63, 3.8) is 0 Å². The lowest BCUT2D eigenvalue weighted by molar-refractivity contribution is -0.122. The van der Waals surface area contributed by atoms with Crippen molar-refractivity contribution in [3.05, 3.63) is 59.3 Å². The van der Waals surface area contributed by atoms with Gasteiger partial charge in [-0.1, -0.05) is 30.3 Å². The molecule has 0 bridgehead atoms. The van der Waals surface area contributed by atoms with Crippen LogP contribution in [0, 0.1) is 13.8 Å². The highest BCUT2D eigenvalue weighted by Gasteiger charge is 2.44. The van der Waals surface area contributed by atoms with E-state index in [9.17, 15) is 4.79 Å². The molecule has 5 rings (SSSR count). The average Bonchev–Trinajstić information content (AvgIpc) is 3.00. The average molecular weight is 374 g/mol. The second kappa shape index (κ2) is 6.38. The third-order valence-corrected chi connectivity index (χ3v) is 6.52. The van der Waals surface area contributed by atoms with Crippen molar-refractivity contribution in [2.45, 2.75) is 38.8 Å². The smallest absolute Gasteiger partial charge is 0.250 e. The standard InChI is InChI=1S/C23H26N4O/c1-15-16(2)24-21-17(6-5-7-18(15)21)14-27-12-10-23(11-13-27)22(28)25-19-8-3-4-9-20(19)26-23/h3-9,24,26H,10-14H2,1-2H3,(H,25,28). The number of amides is 1. The van der Waals surface area contributed by atoms with E-state index in [1.54, 1.807) is 0 Å². The van der Waals surface area contributed by atoms with E-state index in [2.05, 4.69) is 52.6 Å². The molecule has 144 valence electrons. The van der Waals surface area contributed by atoms with Gasteiger partial charge in [-0.05, 0) is 49.9 Å². The summed E-state index contributed by atoms with van der Waals surface area (Å²) in [6.07, 6.45) is 1.62. The van der Waals surface area contributed by atoms with Crippen LogP contribution in [0.2, 0.25) is 0 Å². The summed E-state index contributed by atoms with van der Waals surface area (Å²) in [6, 6.07) is 14.5. The topological polar surface area (TPSA) is 60.2 Å². The van der Waals surface area contributed by atoms with Gasteiger partial charge >= 0.3 is 0 Å². The Morgan fingerprint density at radius 2 is 1.75 bits per heavy atom. The summed E-state index contributed by atoms with van der Waals surface area (Å²) in [6.45, 7) is 7.02. The van der Waals surface area contributed by atoms with Gasteiger partial charge in [0, 0.05) is 30.7 Å². The van der Waals surface area contributed by atoms with Crippen LogP contribution in [0.4, 0.5) is 11.4 Å². The van der Waals surface area contributed by atoms with Crippen LogP contribution < -0.4 is 10.6 Å². The summed E-state index contributed by atoms with van der Waals surface area (Å²) in [5.41, 5.74) is 6.56. The summed E-state index contributed by atoms with van der Waals surface area (Å²) >= 11 is 0. The predicted octanol–water partition coefficient (Wildman–Crippen LogP) is 4.18. The van der Waals surface area contributed by atoms with Gasteiger partial charge in [-0.2, -0.15) is 0 Å². The fourth-order valence-corrected chi connectivity index (χ4v) is 4.62. The van der Waals surface area contributed by atoms with Crippen LogP contribution in [0.1, 0.15) is 29.7 Å². The van der Waals surface area contributed by atoms with Crippen LogP contribution in [0.3, 0.4) is 0 Å². The Balaban J connectivity index is 1.33. The summed E-state index contributed by atoms with van der Waals surface area (Å²) in [4.78, 5) is 18.8. The molecule has 3 N–H and O–H groups in total. The molecule has 0 atom stereocenters. The minimum Gasteiger partial charge on any atom is -0.369 e. The predicted molar refractivity (Wildman–Crippen MR) is 114 cm³/mol. The van der Waals surface area contributed by atoms with Crippen LogP contribution in [-0.2, 0) is 11.3 Å². The third-order valence-electron chi connectivity index (χ3n) is 6.52. The molecule has 0 unspecified atom stereocenters. The van der Waals surface area contributed by atoms with Crippen LogP contribution >= 0.6 is 0 Å². The zero-order valence-electron chi connectivity index (χ0n) is 16.4. The monoisotopic (exact) mass is 374 g/mol. The minimum atomic E-state index is -0.490. The Labute approximate surface area is 165 Å². The van der Waals surface area contributed by atoms with E-state index in [0.717, 1.165) is 43.9 Å². The molecule has 5 nitrogen and oxygen atoms in total. The zero-order valence-corrected chi connectivity index (χ0v) is 16.4. The number of nitrogens with zero attached hydrogens (tertiary/aromatic N) is 1. The second-order valence-corrected chi connectivity index (χ2v) is 8.20. The Morgan fingerprint density at radius 1 is 1.00 bits per heavy atom. The maximum absolute atomic E-state index is 12.8. The molecule has 0 saturated carbocycles. The number of H-pyrrole nitrogens is 1. The number of nitrogens with one attached hydrogen (secondary N) is 3. The lowest BCUT2D eigenvalue weighted by atomic mass is 9.84. The molecule has 2 aliphatic heterocycles. The number of aryl methyl sites for hydroxylation is 2. The van der Waals surface area contributed by atoms with Gasteiger partial charge in [0.2, 0.25) is 5.91 Å². The number of hydrogen-bond donors (Lipinski definition) is 3. The fraction of sp³-hybridized carbons (Fsp3) is 0.348. The number of anilines is 2. The van der Waals surface area contributed by atoms with E-state index in [1.165, 1.54) is 27.7 Å². The molecule has 28 heavy (non-hydrogen) atoms. The fourth-order valence-electron chi connectivity index (χ4n) is 4.62. The highest BCUT2D eigenvalue weighted by atomic mass is 16.2. The molecular weight excluding hydrogens is 348 g/mol. The first kappa shape index (κ1) is 17.3. The van der Waals surface area contributed by atoms with E-state index in [0.29, 0.717) is 0 Å². The summed E-state index contributed by atoms with van der Waals surface area (Å²) < 4.78 is 0. The normalized spacial score (nSPS) is 18.7. The molecule has 1 amide bonds. The van der Waals surface area contributed by atoms with Crippen LogP contribution in [0.25, 0.3) is 10.9 Å². The molecule has 2 aromatic carbocycles. The van der Waals surface area contributed by atoms with Crippen molar-refractivity contribution in [2.75, 3.05) is 23.7 Å². The Morgan fingerprint density at radius 3 is 2.54 bits per heavy atom. The van der Waals surface area contributed by atoms with Crippen molar-refractivity contribution >= 4 is 28.2 Å². The van der Waals surface area contributed by atoms with Gasteiger partial charge in [-0.15, -0.1) is 0 Å². The molecule has 5 heteroatoms. The maximum atomic E-state index is 12.8. The van der Waals surface area contributed by atoms with Gasteiger partial charge in [-0.3, -0.25) is 9.69 Å². The Kier molecular flexibility index (Phi) is 3.95. The Hall–Kier alpha value is -2.79. The number of aromatic nitrogens is 1. The molecule has 1 fully saturated rings. The van der Waals surface area contributed by atoms with E-state index >= 15 is 0 Å². The van der Waals surface area contributed by atoms with E-state index < -0.39 is 5.54 Å². The molecule has 0 radical (unpaired) electrons. The van der Waals surface area contributed by atoms with E-state index in [-0.39, 0.29) is 5.91 Å². The maximum Gasteiger partial charge on any atom is 0.250 e. The summed E-state index contributed by atoms with van der Waals surface area (Å²) in [5.74, 6) is 0.101. The summed E-state index contributed by atoms with van der Waals surface area (Å²) in [5, 5.41) is 7.95. The van der Waals surface area contributed by atoms with Gasteiger partial charge in [0.05, 0.1) is 16.9 Å². The Bertz CT molecular complexity index is 1060. The second-order valence-electron chi connectivity index (χ2n) is 8.20. The minimum absolute atomic E-state index is 0.101. The van der Waals surface area contributed by atoms with Crippen LogP contribution in [0.5, 0.6) is 0 Å². The number of fused-ring (bicyclic) bond motifs is 2. The molecule has 3 aromatic rings. The zero-order chi connectivity index (χ0) is 19.3. The van der Waals surface area contributed by atoms with Gasteiger partial charge in [0.1, 0.15) is 5.54 Å². The number of benzene rings is 2. The number of carbonyl (C=O) groups excluding carboxylic acids is 1. The molecule has 2 aliphatic rings. The lowest BCUT2D eigenvalue weighted by Crippen LogP contribution is -2.58. The molecule has 1 spiro atoms. The number of aromatic amines is 1. The number of piperidine rings is 1. The van der Waals surface area contributed by atoms with Crippen LogP contribution in [-0.4, -0.2) is 34.4 Å². The van der Waals surface area contributed by atoms with Crippen molar-refractivity contribution in [1.82, 2.24) is 9.88 Å². The highest BCUT2D eigenvalue weighted by molar-refractivity contribution is 6.06. The lowest BCUT2D eigenvalue weighted by Gasteiger charge is -2.44. The highest BCUT2D eigenvalue weighted by Crippen LogP contribution is 2.36. The third kappa shape index (κ3) is 2.69. The molecule has 1 saturated heterocycles. The number of hydrogen-bond acceptors (Lipinski definition) is 3. The van der Waals surface area contributed by atoms with Gasteiger partial charge in [0.25, 0.3) is 0 Å². The summed E-state index contributed by atoms with van der Waals surface area (Å²) in [7, 11) is 0. The molecule has 1 aromatic heterocycles. The van der Waals surface area contributed by atoms with Gasteiger partial charge in [-0.25, -0.2) is 0 Å². The first-order valence-corrected chi connectivity index (χ1v) is 10.0. The first-order chi connectivity index (χ1) is 13.6. The SMILES string of the molecule is Cc1[nH]c2c(CN3CCC4(CC3)Nc3ccccc3NC4=O)cccc2c1C. The largest absolute Gasteiger partial charge is 0.369 e. The molecular formula is C23H26N4O. The number of rotatable bonds is 2. The van der Waals surface area contributed by atoms with E-state index in [4.69, 9.17) is 0 Å². The number of likely N-dealkylation sites (tertiary alicyclic amines) is 1. The van der Waals surface area contributed by atoms with E-state index in [1.807, 2.05) is 24.3 Å². The number of para-hydroxylation sites is 3. The van der Waals surface area contributed by atoms with Crippen LogP contribution in [0.15, 0.2) is 42.5 Å². The van der Waals surface area contributed by atoms with Crippen molar-refractivity contribution < 1.29 is 4.79 Å². The first-order valence-electron chi connectivity index (χ1n) is 10.0.